The van der Waals surface area contributed by atoms with Crippen LogP contribution < -0.4 is 14.8 Å². The Bertz CT molecular complexity index is 356. The minimum atomic E-state index is 0.223. The quantitative estimate of drug-likeness (QED) is 0.665. The van der Waals surface area contributed by atoms with Crippen LogP contribution in [-0.4, -0.2) is 36.3 Å². The van der Waals surface area contributed by atoms with Crippen molar-refractivity contribution in [3.8, 4) is 11.6 Å². The molecule has 1 aliphatic rings. The first-order valence-corrected chi connectivity index (χ1v) is 6.31. The third kappa shape index (κ3) is 2.73. The lowest BCUT2D eigenvalue weighted by atomic mass is 10.1. The number of rotatable bonds is 3. The SMILES string of the molecule is COc1c(I)ncnc1OC1CCNCC1. The minimum Gasteiger partial charge on any atom is -0.489 e. The molecule has 1 aromatic heterocycles. The van der Waals surface area contributed by atoms with E-state index in [0.717, 1.165) is 29.6 Å². The summed E-state index contributed by atoms with van der Waals surface area (Å²) in [6.07, 6.45) is 3.73. The van der Waals surface area contributed by atoms with Gasteiger partial charge in [0.25, 0.3) is 5.88 Å². The summed E-state index contributed by atoms with van der Waals surface area (Å²) in [6, 6.07) is 0. The molecule has 2 rings (SSSR count). The van der Waals surface area contributed by atoms with Crippen molar-refractivity contribution in [3.63, 3.8) is 0 Å². The summed E-state index contributed by atoms with van der Waals surface area (Å²) < 4.78 is 11.9. The van der Waals surface area contributed by atoms with Crippen molar-refractivity contribution in [1.29, 1.82) is 0 Å². The molecule has 0 spiro atoms. The van der Waals surface area contributed by atoms with Gasteiger partial charge in [-0.05, 0) is 48.5 Å². The van der Waals surface area contributed by atoms with Crippen LogP contribution in [0.15, 0.2) is 6.33 Å². The zero-order valence-corrected chi connectivity index (χ0v) is 11.2. The Kier molecular flexibility index (Phi) is 4.16. The van der Waals surface area contributed by atoms with Crippen molar-refractivity contribution in [3.05, 3.63) is 10.0 Å². The second kappa shape index (κ2) is 5.62. The maximum absolute atomic E-state index is 5.84. The number of methoxy groups -OCH3 is 1. The number of nitrogens with zero attached hydrogens (tertiary/aromatic N) is 2. The summed E-state index contributed by atoms with van der Waals surface area (Å²) in [5.41, 5.74) is 0. The Labute approximate surface area is 108 Å². The number of piperidine rings is 1. The van der Waals surface area contributed by atoms with E-state index in [2.05, 4.69) is 37.9 Å². The van der Waals surface area contributed by atoms with E-state index in [1.165, 1.54) is 6.33 Å². The van der Waals surface area contributed by atoms with Gasteiger partial charge in [0.1, 0.15) is 12.4 Å². The molecule has 88 valence electrons. The predicted molar refractivity (Wildman–Crippen MR) is 67.8 cm³/mol. The van der Waals surface area contributed by atoms with Gasteiger partial charge < -0.3 is 14.8 Å². The van der Waals surface area contributed by atoms with Crippen LogP contribution in [0.2, 0.25) is 0 Å². The Hall–Kier alpha value is -0.630. The van der Waals surface area contributed by atoms with Gasteiger partial charge in [-0.2, -0.15) is 4.98 Å². The van der Waals surface area contributed by atoms with E-state index < -0.39 is 0 Å². The van der Waals surface area contributed by atoms with Crippen LogP contribution in [0.4, 0.5) is 0 Å². The maximum Gasteiger partial charge on any atom is 0.261 e. The van der Waals surface area contributed by atoms with Crippen molar-refractivity contribution in [2.45, 2.75) is 18.9 Å². The summed E-state index contributed by atoms with van der Waals surface area (Å²) >= 11 is 2.11. The van der Waals surface area contributed by atoms with Crippen molar-refractivity contribution in [2.75, 3.05) is 20.2 Å². The molecule has 0 saturated carbocycles. The summed E-state index contributed by atoms with van der Waals surface area (Å²) in [6.45, 7) is 1.99. The van der Waals surface area contributed by atoms with Gasteiger partial charge in [-0.25, -0.2) is 4.98 Å². The molecular formula is C10H14IN3O2. The Morgan fingerprint density at radius 1 is 1.38 bits per heavy atom. The molecule has 1 aromatic rings. The fourth-order valence-corrected chi connectivity index (χ4v) is 2.24. The number of nitrogens with one attached hydrogen (secondary N) is 1. The zero-order chi connectivity index (χ0) is 11.4. The van der Waals surface area contributed by atoms with Gasteiger partial charge in [0, 0.05) is 0 Å². The standard InChI is InChI=1S/C10H14IN3O2/c1-15-8-9(11)13-6-14-10(8)16-7-2-4-12-5-3-7/h6-7,12H,2-5H2,1H3. The number of ether oxygens (including phenoxy) is 2. The van der Waals surface area contributed by atoms with Gasteiger partial charge >= 0.3 is 0 Å². The summed E-state index contributed by atoms with van der Waals surface area (Å²) in [7, 11) is 1.61. The van der Waals surface area contributed by atoms with E-state index in [1.807, 2.05) is 0 Å². The molecule has 16 heavy (non-hydrogen) atoms. The molecule has 1 N–H and O–H groups in total. The van der Waals surface area contributed by atoms with Crippen LogP contribution in [-0.2, 0) is 0 Å². The third-order valence-electron chi connectivity index (χ3n) is 2.50. The van der Waals surface area contributed by atoms with Gasteiger partial charge in [-0.1, -0.05) is 0 Å². The molecule has 0 amide bonds. The average Bonchev–Trinajstić information content (AvgIpc) is 2.31. The second-order valence-corrected chi connectivity index (χ2v) is 4.59. The molecule has 1 saturated heterocycles. The van der Waals surface area contributed by atoms with E-state index in [-0.39, 0.29) is 6.10 Å². The molecule has 0 radical (unpaired) electrons. The molecule has 2 heterocycles. The van der Waals surface area contributed by atoms with Crippen LogP contribution in [0, 0.1) is 3.70 Å². The summed E-state index contributed by atoms with van der Waals surface area (Å²) in [4.78, 5) is 8.18. The first-order chi connectivity index (χ1) is 7.81. The normalized spacial score (nSPS) is 17.1. The van der Waals surface area contributed by atoms with E-state index in [1.54, 1.807) is 7.11 Å². The molecule has 0 unspecified atom stereocenters. The Balaban J connectivity index is 2.10. The highest BCUT2D eigenvalue weighted by Gasteiger charge is 2.19. The molecule has 0 aliphatic carbocycles. The number of aromatic nitrogens is 2. The molecule has 6 heteroatoms. The van der Waals surface area contributed by atoms with Gasteiger partial charge in [0.05, 0.1) is 7.11 Å². The number of halogens is 1. The molecule has 1 fully saturated rings. The second-order valence-electron chi connectivity index (χ2n) is 3.57. The number of hydrogen-bond donors (Lipinski definition) is 1. The topological polar surface area (TPSA) is 56.3 Å². The summed E-state index contributed by atoms with van der Waals surface area (Å²) in [5, 5.41) is 3.29. The molecular weight excluding hydrogens is 321 g/mol. The van der Waals surface area contributed by atoms with E-state index >= 15 is 0 Å². The van der Waals surface area contributed by atoms with Crippen LogP contribution in [0.25, 0.3) is 0 Å². The lowest BCUT2D eigenvalue weighted by Crippen LogP contribution is -2.34. The molecule has 0 aromatic carbocycles. The lowest BCUT2D eigenvalue weighted by molar-refractivity contribution is 0.149. The first kappa shape index (κ1) is 11.8. The van der Waals surface area contributed by atoms with Crippen molar-refractivity contribution in [1.82, 2.24) is 15.3 Å². The zero-order valence-electron chi connectivity index (χ0n) is 9.07. The van der Waals surface area contributed by atoms with Crippen LogP contribution in [0.3, 0.4) is 0 Å². The van der Waals surface area contributed by atoms with E-state index in [9.17, 15) is 0 Å². The molecule has 5 nitrogen and oxygen atoms in total. The van der Waals surface area contributed by atoms with Gasteiger partial charge in [0.2, 0.25) is 5.75 Å². The highest BCUT2D eigenvalue weighted by atomic mass is 127. The van der Waals surface area contributed by atoms with Crippen molar-refractivity contribution in [2.24, 2.45) is 0 Å². The van der Waals surface area contributed by atoms with Gasteiger partial charge in [0.15, 0.2) is 3.70 Å². The highest BCUT2D eigenvalue weighted by Crippen LogP contribution is 2.29. The van der Waals surface area contributed by atoms with Crippen molar-refractivity contribution >= 4 is 22.6 Å². The van der Waals surface area contributed by atoms with Crippen LogP contribution in [0.5, 0.6) is 11.6 Å². The third-order valence-corrected chi connectivity index (χ3v) is 3.26. The largest absolute Gasteiger partial charge is 0.489 e. The first-order valence-electron chi connectivity index (χ1n) is 5.23. The Morgan fingerprint density at radius 2 is 2.12 bits per heavy atom. The number of hydrogen-bond acceptors (Lipinski definition) is 5. The average molecular weight is 335 g/mol. The smallest absolute Gasteiger partial charge is 0.261 e. The van der Waals surface area contributed by atoms with Crippen LogP contribution >= 0.6 is 22.6 Å². The minimum absolute atomic E-state index is 0.223. The van der Waals surface area contributed by atoms with Crippen molar-refractivity contribution < 1.29 is 9.47 Å². The fourth-order valence-electron chi connectivity index (χ4n) is 1.66. The fraction of sp³-hybridized carbons (Fsp3) is 0.600. The summed E-state index contributed by atoms with van der Waals surface area (Å²) in [5.74, 6) is 1.18. The van der Waals surface area contributed by atoms with Gasteiger partial charge in [-0.15, -0.1) is 0 Å². The predicted octanol–water partition coefficient (Wildman–Crippen LogP) is 1.22. The van der Waals surface area contributed by atoms with E-state index in [4.69, 9.17) is 9.47 Å². The van der Waals surface area contributed by atoms with E-state index in [0.29, 0.717) is 11.6 Å². The lowest BCUT2D eigenvalue weighted by Gasteiger charge is -2.23. The Morgan fingerprint density at radius 3 is 2.81 bits per heavy atom. The molecule has 0 bridgehead atoms. The van der Waals surface area contributed by atoms with Crippen LogP contribution in [0.1, 0.15) is 12.8 Å². The molecule has 0 atom stereocenters. The molecule has 1 aliphatic heterocycles. The van der Waals surface area contributed by atoms with Gasteiger partial charge in [-0.3, -0.25) is 0 Å². The maximum atomic E-state index is 5.84. The highest BCUT2D eigenvalue weighted by molar-refractivity contribution is 14.1. The monoisotopic (exact) mass is 335 g/mol.